The van der Waals surface area contributed by atoms with Crippen molar-refractivity contribution in [2.75, 3.05) is 13.7 Å². The lowest BCUT2D eigenvalue weighted by molar-refractivity contribution is -0.121. The smallest absolute Gasteiger partial charge is 0.266 e. The van der Waals surface area contributed by atoms with Crippen molar-refractivity contribution in [1.29, 1.82) is 0 Å². The van der Waals surface area contributed by atoms with Gasteiger partial charge in [-0.1, -0.05) is 0 Å². The molecule has 2 aromatic heterocycles. The van der Waals surface area contributed by atoms with Gasteiger partial charge in [0.15, 0.2) is 0 Å². The standard InChI is InChI=1S/C19H19N5O4/c1-28-15-4-2-14(3-5-15)16-6-7-19(27)24(22-16)11-10-21-17(25)12-23-13-20-9-8-18(23)26/h2-9,13H,10-12H2,1H3,(H,21,25). The van der Waals surface area contributed by atoms with E-state index in [-0.39, 0.29) is 36.7 Å². The molecular formula is C19H19N5O4. The summed E-state index contributed by atoms with van der Waals surface area (Å²) in [4.78, 5) is 39.4. The van der Waals surface area contributed by atoms with E-state index in [1.165, 1.54) is 33.9 Å². The molecule has 0 aliphatic rings. The lowest BCUT2D eigenvalue weighted by atomic mass is 10.1. The van der Waals surface area contributed by atoms with Crippen molar-refractivity contribution in [3.63, 3.8) is 0 Å². The van der Waals surface area contributed by atoms with Crippen LogP contribution in [0.1, 0.15) is 0 Å². The van der Waals surface area contributed by atoms with Gasteiger partial charge in [-0.05, 0) is 30.3 Å². The predicted molar refractivity (Wildman–Crippen MR) is 102 cm³/mol. The maximum absolute atomic E-state index is 12.0. The Balaban J connectivity index is 1.62. The van der Waals surface area contributed by atoms with Gasteiger partial charge in [0.25, 0.3) is 11.1 Å². The van der Waals surface area contributed by atoms with Crippen molar-refractivity contribution in [2.45, 2.75) is 13.1 Å². The molecule has 0 saturated heterocycles. The monoisotopic (exact) mass is 381 g/mol. The Kier molecular flexibility index (Phi) is 5.95. The zero-order valence-corrected chi connectivity index (χ0v) is 15.2. The molecule has 3 rings (SSSR count). The fraction of sp³-hybridized carbons (Fsp3) is 0.211. The molecule has 144 valence electrons. The van der Waals surface area contributed by atoms with E-state index in [0.29, 0.717) is 5.69 Å². The number of nitrogens with zero attached hydrogens (tertiary/aromatic N) is 4. The Morgan fingerprint density at radius 3 is 2.57 bits per heavy atom. The summed E-state index contributed by atoms with van der Waals surface area (Å²) >= 11 is 0. The average molecular weight is 381 g/mol. The van der Waals surface area contributed by atoms with E-state index in [0.717, 1.165) is 11.3 Å². The van der Waals surface area contributed by atoms with Gasteiger partial charge in [-0.2, -0.15) is 5.10 Å². The Labute approximate surface area is 160 Å². The molecule has 1 N–H and O–H groups in total. The van der Waals surface area contributed by atoms with Crippen LogP contribution in [0, 0.1) is 0 Å². The van der Waals surface area contributed by atoms with E-state index in [9.17, 15) is 14.4 Å². The molecule has 9 nitrogen and oxygen atoms in total. The third-order valence-electron chi connectivity index (χ3n) is 4.00. The van der Waals surface area contributed by atoms with Crippen LogP contribution < -0.4 is 21.2 Å². The van der Waals surface area contributed by atoms with Crippen LogP contribution >= 0.6 is 0 Å². The summed E-state index contributed by atoms with van der Waals surface area (Å²) in [6, 6.07) is 11.7. The summed E-state index contributed by atoms with van der Waals surface area (Å²) in [6.45, 7) is 0.268. The van der Waals surface area contributed by atoms with Crippen LogP contribution in [0.2, 0.25) is 0 Å². The number of hydrogen-bond acceptors (Lipinski definition) is 6. The number of benzene rings is 1. The number of aromatic nitrogens is 4. The lowest BCUT2D eigenvalue weighted by Crippen LogP contribution is -2.35. The molecule has 0 saturated carbocycles. The molecule has 0 bridgehead atoms. The third-order valence-corrected chi connectivity index (χ3v) is 4.00. The number of ether oxygens (including phenoxy) is 1. The average Bonchev–Trinajstić information content (AvgIpc) is 2.71. The molecule has 3 aromatic rings. The first kappa shape index (κ1) is 19.0. The fourth-order valence-corrected chi connectivity index (χ4v) is 2.53. The highest BCUT2D eigenvalue weighted by Gasteiger charge is 2.06. The minimum absolute atomic E-state index is 0.138. The van der Waals surface area contributed by atoms with Crippen molar-refractivity contribution in [3.8, 4) is 17.0 Å². The highest BCUT2D eigenvalue weighted by Crippen LogP contribution is 2.19. The molecular weight excluding hydrogens is 362 g/mol. The molecule has 0 atom stereocenters. The normalized spacial score (nSPS) is 10.5. The summed E-state index contributed by atoms with van der Waals surface area (Å²) < 4.78 is 7.62. The van der Waals surface area contributed by atoms with Crippen LogP contribution in [0.5, 0.6) is 5.75 Å². The van der Waals surface area contributed by atoms with Crippen LogP contribution in [-0.2, 0) is 17.9 Å². The third kappa shape index (κ3) is 4.70. The van der Waals surface area contributed by atoms with Crippen molar-refractivity contribution in [3.05, 3.63) is 75.7 Å². The van der Waals surface area contributed by atoms with Gasteiger partial charge in [0.2, 0.25) is 5.91 Å². The zero-order valence-electron chi connectivity index (χ0n) is 15.2. The molecule has 2 heterocycles. The number of methoxy groups -OCH3 is 1. The number of amides is 1. The lowest BCUT2D eigenvalue weighted by Gasteiger charge is -2.09. The van der Waals surface area contributed by atoms with Crippen LogP contribution in [0.3, 0.4) is 0 Å². The predicted octanol–water partition coefficient (Wildman–Crippen LogP) is 0.292. The molecule has 1 aromatic carbocycles. The molecule has 0 radical (unpaired) electrons. The van der Waals surface area contributed by atoms with Gasteiger partial charge in [0.05, 0.1) is 25.7 Å². The minimum Gasteiger partial charge on any atom is -0.497 e. The Morgan fingerprint density at radius 2 is 1.86 bits per heavy atom. The van der Waals surface area contributed by atoms with Gasteiger partial charge in [0, 0.05) is 30.4 Å². The fourth-order valence-electron chi connectivity index (χ4n) is 2.53. The molecule has 1 amide bonds. The summed E-state index contributed by atoms with van der Waals surface area (Å²) in [5.74, 6) is 0.377. The first-order valence-corrected chi connectivity index (χ1v) is 8.56. The van der Waals surface area contributed by atoms with Crippen molar-refractivity contribution < 1.29 is 9.53 Å². The van der Waals surface area contributed by atoms with Gasteiger partial charge < -0.3 is 10.1 Å². The largest absolute Gasteiger partial charge is 0.497 e. The maximum atomic E-state index is 12.0. The van der Waals surface area contributed by atoms with E-state index in [1.807, 2.05) is 24.3 Å². The Hall–Kier alpha value is -3.75. The second-order valence-corrected chi connectivity index (χ2v) is 5.90. The van der Waals surface area contributed by atoms with Crippen LogP contribution in [0.4, 0.5) is 0 Å². The van der Waals surface area contributed by atoms with Gasteiger partial charge in [-0.15, -0.1) is 0 Å². The van der Waals surface area contributed by atoms with Crippen molar-refractivity contribution in [2.24, 2.45) is 0 Å². The van der Waals surface area contributed by atoms with E-state index >= 15 is 0 Å². The molecule has 0 spiro atoms. The van der Waals surface area contributed by atoms with Crippen LogP contribution in [-0.4, -0.2) is 38.9 Å². The van der Waals surface area contributed by atoms with Gasteiger partial charge in [-0.25, -0.2) is 9.67 Å². The van der Waals surface area contributed by atoms with Crippen LogP contribution in [0.25, 0.3) is 11.3 Å². The topological polar surface area (TPSA) is 108 Å². The summed E-state index contributed by atoms with van der Waals surface area (Å²) in [7, 11) is 1.59. The first-order valence-electron chi connectivity index (χ1n) is 8.56. The maximum Gasteiger partial charge on any atom is 0.266 e. The zero-order chi connectivity index (χ0) is 19.9. The van der Waals surface area contributed by atoms with Crippen molar-refractivity contribution in [1.82, 2.24) is 24.6 Å². The minimum atomic E-state index is -0.352. The first-order chi connectivity index (χ1) is 13.6. The number of nitrogens with one attached hydrogen (secondary N) is 1. The number of hydrogen-bond donors (Lipinski definition) is 1. The van der Waals surface area contributed by atoms with Gasteiger partial charge in [-0.3, -0.25) is 19.0 Å². The molecule has 0 fully saturated rings. The molecule has 9 heteroatoms. The number of carbonyl (C=O) groups is 1. The Bertz CT molecular complexity index is 1070. The van der Waals surface area contributed by atoms with Crippen molar-refractivity contribution >= 4 is 5.91 Å². The molecule has 0 unspecified atom stereocenters. The molecule has 0 aliphatic heterocycles. The SMILES string of the molecule is COc1ccc(-c2ccc(=O)n(CCNC(=O)Cn3cnccc3=O)n2)cc1. The Morgan fingerprint density at radius 1 is 1.07 bits per heavy atom. The second kappa shape index (κ2) is 8.76. The highest BCUT2D eigenvalue weighted by molar-refractivity contribution is 5.75. The second-order valence-electron chi connectivity index (χ2n) is 5.90. The molecule has 0 aliphatic carbocycles. The quantitative estimate of drug-likeness (QED) is 0.630. The summed E-state index contributed by atoms with van der Waals surface area (Å²) in [5, 5.41) is 7.01. The summed E-state index contributed by atoms with van der Waals surface area (Å²) in [5.41, 5.74) is 0.898. The van der Waals surface area contributed by atoms with E-state index in [1.54, 1.807) is 13.2 Å². The molecule has 28 heavy (non-hydrogen) atoms. The van der Waals surface area contributed by atoms with E-state index < -0.39 is 0 Å². The highest BCUT2D eigenvalue weighted by atomic mass is 16.5. The van der Waals surface area contributed by atoms with Crippen LogP contribution in [0.15, 0.2) is 64.6 Å². The van der Waals surface area contributed by atoms with E-state index in [2.05, 4.69) is 15.4 Å². The van der Waals surface area contributed by atoms with Gasteiger partial charge >= 0.3 is 0 Å². The number of carbonyl (C=O) groups excluding carboxylic acids is 1. The number of rotatable bonds is 7. The van der Waals surface area contributed by atoms with E-state index in [4.69, 9.17) is 4.74 Å². The summed E-state index contributed by atoms with van der Waals surface area (Å²) in [6.07, 6.45) is 2.66. The van der Waals surface area contributed by atoms with Gasteiger partial charge in [0.1, 0.15) is 12.3 Å².